The summed E-state index contributed by atoms with van der Waals surface area (Å²) in [7, 11) is 0. The highest BCUT2D eigenvalue weighted by Gasteiger charge is 2.23. The van der Waals surface area contributed by atoms with E-state index in [9.17, 15) is 24.6 Å². The SMILES string of the molecule is Cc1csc(-c2ccccc2NC(=O)OC2CCN(CCC(=O)Nc3ccc(CNC[C@H](O)c4ccc(O)c5[nH]c(=O)ccc45)cc3)CC2)n1. The Bertz CT molecular complexity index is 2000. The molecule has 3 heterocycles. The number of amides is 2. The van der Waals surface area contributed by atoms with Crippen molar-refractivity contribution in [3.63, 3.8) is 0 Å². The third-order valence-corrected chi connectivity index (χ3v) is 9.64. The highest BCUT2D eigenvalue weighted by molar-refractivity contribution is 7.13. The molecule has 260 valence electrons. The predicted molar refractivity (Wildman–Crippen MR) is 194 cm³/mol. The van der Waals surface area contributed by atoms with Crippen molar-refractivity contribution in [1.29, 1.82) is 0 Å². The zero-order valence-electron chi connectivity index (χ0n) is 27.6. The number of rotatable bonds is 12. The predicted octanol–water partition coefficient (Wildman–Crippen LogP) is 5.53. The van der Waals surface area contributed by atoms with Gasteiger partial charge in [0.1, 0.15) is 16.9 Å². The quantitative estimate of drug-likeness (QED) is 0.0983. The van der Waals surface area contributed by atoms with Crippen LogP contribution in [-0.2, 0) is 16.1 Å². The minimum Gasteiger partial charge on any atom is -0.506 e. The van der Waals surface area contributed by atoms with Crippen LogP contribution in [0.25, 0.3) is 21.5 Å². The molecule has 5 aromatic rings. The summed E-state index contributed by atoms with van der Waals surface area (Å²) >= 11 is 1.53. The van der Waals surface area contributed by atoms with Crippen molar-refractivity contribution in [1.82, 2.24) is 20.2 Å². The van der Waals surface area contributed by atoms with E-state index in [-0.39, 0.29) is 29.9 Å². The molecule has 0 spiro atoms. The number of aromatic amines is 1. The number of thiazole rings is 1. The molecule has 50 heavy (non-hydrogen) atoms. The van der Waals surface area contributed by atoms with Crippen molar-refractivity contribution in [3.05, 3.63) is 105 Å². The number of hydrogen-bond acceptors (Lipinski definition) is 10. The van der Waals surface area contributed by atoms with Crippen molar-refractivity contribution in [2.45, 2.75) is 44.9 Å². The molecule has 0 bridgehead atoms. The number of ether oxygens (including phenoxy) is 1. The highest BCUT2D eigenvalue weighted by Crippen LogP contribution is 2.31. The first-order chi connectivity index (χ1) is 24.2. The second kappa shape index (κ2) is 16.1. The van der Waals surface area contributed by atoms with Gasteiger partial charge in [-0.15, -0.1) is 11.3 Å². The number of H-pyrrole nitrogens is 1. The van der Waals surface area contributed by atoms with Crippen LogP contribution in [0.4, 0.5) is 16.2 Å². The number of para-hydroxylation sites is 1. The van der Waals surface area contributed by atoms with Gasteiger partial charge in [0.05, 0.1) is 17.3 Å². The highest BCUT2D eigenvalue weighted by atomic mass is 32.1. The summed E-state index contributed by atoms with van der Waals surface area (Å²) in [5, 5.41) is 33.3. The minimum absolute atomic E-state index is 0.0524. The maximum Gasteiger partial charge on any atom is 0.411 e. The number of aromatic nitrogens is 2. The molecule has 1 aliphatic rings. The van der Waals surface area contributed by atoms with Gasteiger partial charge in [0, 0.05) is 72.9 Å². The van der Waals surface area contributed by atoms with E-state index in [1.165, 1.54) is 23.5 Å². The summed E-state index contributed by atoms with van der Waals surface area (Å²) in [6, 6.07) is 21.1. The van der Waals surface area contributed by atoms with E-state index >= 15 is 0 Å². The van der Waals surface area contributed by atoms with Crippen molar-refractivity contribution in [3.8, 4) is 16.3 Å². The Kier molecular flexibility index (Phi) is 11.2. The van der Waals surface area contributed by atoms with E-state index in [4.69, 9.17) is 4.74 Å². The summed E-state index contributed by atoms with van der Waals surface area (Å²) in [5.74, 6) is -0.128. The number of likely N-dealkylation sites (tertiary alicyclic amines) is 1. The Hall–Kier alpha value is -5.08. The Morgan fingerprint density at radius 2 is 1.82 bits per heavy atom. The molecule has 1 aliphatic heterocycles. The molecule has 0 saturated carbocycles. The summed E-state index contributed by atoms with van der Waals surface area (Å²) in [6.45, 7) is 4.78. The molecule has 12 nitrogen and oxygen atoms in total. The van der Waals surface area contributed by atoms with Gasteiger partial charge in [-0.2, -0.15) is 0 Å². The van der Waals surface area contributed by atoms with E-state index in [0.717, 1.165) is 34.9 Å². The molecule has 2 aromatic heterocycles. The second-order valence-corrected chi connectivity index (χ2v) is 13.2. The van der Waals surface area contributed by atoms with Gasteiger partial charge < -0.3 is 35.5 Å². The first-order valence-electron chi connectivity index (χ1n) is 16.6. The van der Waals surface area contributed by atoms with Gasteiger partial charge in [-0.1, -0.05) is 30.3 Å². The molecule has 3 aromatic carbocycles. The van der Waals surface area contributed by atoms with E-state index in [2.05, 4.69) is 30.8 Å². The van der Waals surface area contributed by atoms with Crippen LogP contribution in [-0.4, -0.2) is 69.4 Å². The van der Waals surface area contributed by atoms with Gasteiger partial charge in [0.15, 0.2) is 0 Å². The molecule has 0 unspecified atom stereocenters. The van der Waals surface area contributed by atoms with E-state index in [0.29, 0.717) is 60.2 Å². The van der Waals surface area contributed by atoms with Gasteiger partial charge in [0.2, 0.25) is 11.5 Å². The fraction of sp³-hybridized carbons (Fsp3) is 0.297. The largest absolute Gasteiger partial charge is 0.506 e. The number of fused-ring (bicyclic) bond motifs is 1. The summed E-state index contributed by atoms with van der Waals surface area (Å²) < 4.78 is 5.72. The first-order valence-corrected chi connectivity index (χ1v) is 17.4. The molecule has 1 saturated heterocycles. The number of aliphatic hydroxyl groups excluding tert-OH is 1. The fourth-order valence-corrected chi connectivity index (χ4v) is 6.84. The zero-order chi connectivity index (χ0) is 35.0. The third-order valence-electron chi connectivity index (χ3n) is 8.65. The smallest absolute Gasteiger partial charge is 0.411 e. The molecule has 1 fully saturated rings. The molecule has 6 rings (SSSR count). The summed E-state index contributed by atoms with van der Waals surface area (Å²) in [6.07, 6.45) is 0.214. The van der Waals surface area contributed by atoms with Gasteiger partial charge >= 0.3 is 6.09 Å². The lowest BCUT2D eigenvalue weighted by Crippen LogP contribution is -2.39. The van der Waals surface area contributed by atoms with E-state index in [1.54, 1.807) is 12.1 Å². The van der Waals surface area contributed by atoms with Gasteiger partial charge in [-0.05, 0) is 67.3 Å². The van der Waals surface area contributed by atoms with Crippen molar-refractivity contribution < 1.29 is 24.5 Å². The Labute approximate surface area is 293 Å². The topological polar surface area (TPSA) is 169 Å². The molecule has 13 heteroatoms. The van der Waals surface area contributed by atoms with Crippen molar-refractivity contribution >= 4 is 45.6 Å². The van der Waals surface area contributed by atoms with Crippen LogP contribution in [0, 0.1) is 6.92 Å². The molecule has 0 aliphatic carbocycles. The Morgan fingerprint density at radius 3 is 2.58 bits per heavy atom. The molecule has 6 N–H and O–H groups in total. The molecular weight excluding hydrogens is 657 g/mol. The van der Waals surface area contributed by atoms with Crippen LogP contribution in [0.3, 0.4) is 0 Å². The van der Waals surface area contributed by atoms with Crippen LogP contribution in [0.5, 0.6) is 5.75 Å². The number of phenols is 1. The number of nitrogens with zero attached hydrogens (tertiary/aromatic N) is 2. The second-order valence-electron chi connectivity index (χ2n) is 12.3. The Morgan fingerprint density at radius 1 is 1.04 bits per heavy atom. The van der Waals surface area contributed by atoms with Crippen LogP contribution >= 0.6 is 11.3 Å². The fourth-order valence-electron chi connectivity index (χ4n) is 6.00. The number of anilines is 2. The number of carbonyl (C=O) groups is 2. The van der Waals surface area contributed by atoms with E-state index < -0.39 is 12.2 Å². The normalized spacial score (nSPS) is 14.4. The average molecular weight is 697 g/mol. The monoisotopic (exact) mass is 696 g/mol. The van der Waals surface area contributed by atoms with Crippen molar-refractivity contribution in [2.24, 2.45) is 0 Å². The van der Waals surface area contributed by atoms with Crippen molar-refractivity contribution in [2.75, 3.05) is 36.8 Å². The molecule has 2 amide bonds. The number of aryl methyl sites for hydroxylation is 1. The molecule has 1 atom stereocenters. The van der Waals surface area contributed by atoms with Gasteiger partial charge in [0.25, 0.3) is 0 Å². The van der Waals surface area contributed by atoms with E-state index in [1.807, 2.05) is 60.8 Å². The molecule has 0 radical (unpaired) electrons. The van der Waals surface area contributed by atoms with Crippen LogP contribution in [0.2, 0.25) is 0 Å². The minimum atomic E-state index is -0.854. The van der Waals surface area contributed by atoms with Crippen LogP contribution < -0.4 is 21.5 Å². The average Bonchev–Trinajstić information content (AvgIpc) is 3.55. The zero-order valence-corrected chi connectivity index (χ0v) is 28.5. The van der Waals surface area contributed by atoms with Gasteiger partial charge in [-0.3, -0.25) is 14.9 Å². The number of aliphatic hydroxyl groups is 1. The number of carbonyl (C=O) groups excluding carboxylic acids is 2. The van der Waals surface area contributed by atoms with Crippen LogP contribution in [0.1, 0.15) is 42.2 Å². The summed E-state index contributed by atoms with van der Waals surface area (Å²) in [4.78, 5) is 46.4. The number of hydrogen-bond donors (Lipinski definition) is 6. The number of piperidine rings is 1. The number of aromatic hydroxyl groups is 1. The number of benzene rings is 3. The Balaban J connectivity index is 0.885. The maximum atomic E-state index is 12.7. The lowest BCUT2D eigenvalue weighted by Gasteiger charge is -2.31. The lowest BCUT2D eigenvalue weighted by molar-refractivity contribution is -0.116. The maximum absolute atomic E-state index is 12.7. The lowest BCUT2D eigenvalue weighted by atomic mass is 10.0. The third kappa shape index (κ3) is 8.93. The number of nitrogens with one attached hydrogen (secondary N) is 4. The number of phenolic OH excluding ortho intramolecular Hbond substituents is 1. The first kappa shape index (κ1) is 34.8. The summed E-state index contributed by atoms with van der Waals surface area (Å²) in [5.41, 5.74) is 4.70. The van der Waals surface area contributed by atoms with Gasteiger partial charge in [-0.25, -0.2) is 9.78 Å². The number of pyridine rings is 1. The molecular formula is C37H40N6O6S. The van der Waals surface area contributed by atoms with Crippen LogP contribution in [0.15, 0.2) is 83.0 Å². The standard InChI is InChI=1S/C37H40N6O6S/c1-23-22-50-36(39-23)29-4-2-3-5-30(29)41-37(48)49-26-14-17-43(18-15-26)19-16-34(47)40-25-8-6-24(7-9-25)20-38-21-32(45)27-10-12-31(44)35-28(27)11-13-33(46)42-35/h2-13,22,26,32,38,44-45H,14-21H2,1H3,(H,40,47)(H,41,48)(H,42,46)/t32-/m0/s1.